The SMILES string of the molecule is CCC(NC(=O)N(C)Cc1cnn(-c2cccc(OC)c2)c1)c1ncc(C)[nH]1. The Labute approximate surface area is 164 Å². The quantitative estimate of drug-likeness (QED) is 0.657. The van der Waals surface area contributed by atoms with E-state index in [9.17, 15) is 4.79 Å². The zero-order valence-corrected chi connectivity index (χ0v) is 16.6. The zero-order valence-electron chi connectivity index (χ0n) is 16.6. The summed E-state index contributed by atoms with van der Waals surface area (Å²) in [6, 6.07) is 7.35. The maximum absolute atomic E-state index is 12.6. The third kappa shape index (κ3) is 4.51. The number of nitrogens with one attached hydrogen (secondary N) is 2. The number of amides is 2. The van der Waals surface area contributed by atoms with E-state index in [0.29, 0.717) is 6.54 Å². The van der Waals surface area contributed by atoms with Gasteiger partial charge in [0.1, 0.15) is 11.6 Å². The van der Waals surface area contributed by atoms with Crippen LogP contribution < -0.4 is 10.1 Å². The number of H-pyrrole nitrogens is 1. The topological polar surface area (TPSA) is 88.1 Å². The number of urea groups is 1. The minimum absolute atomic E-state index is 0.150. The highest BCUT2D eigenvalue weighted by Crippen LogP contribution is 2.17. The molecule has 8 nitrogen and oxygen atoms in total. The molecule has 3 aromatic rings. The smallest absolute Gasteiger partial charge is 0.318 e. The van der Waals surface area contributed by atoms with Gasteiger partial charge in [0.2, 0.25) is 0 Å². The summed E-state index contributed by atoms with van der Waals surface area (Å²) in [7, 11) is 3.40. The van der Waals surface area contributed by atoms with Crippen LogP contribution in [0, 0.1) is 6.92 Å². The Balaban J connectivity index is 1.63. The van der Waals surface area contributed by atoms with Crippen LogP contribution in [0.15, 0.2) is 42.9 Å². The maximum atomic E-state index is 12.6. The fourth-order valence-corrected chi connectivity index (χ4v) is 2.91. The second kappa shape index (κ2) is 8.60. The lowest BCUT2D eigenvalue weighted by atomic mass is 10.2. The summed E-state index contributed by atoms with van der Waals surface area (Å²) in [6.07, 6.45) is 6.18. The Kier molecular flexibility index (Phi) is 5.98. The van der Waals surface area contributed by atoms with Gasteiger partial charge in [0.15, 0.2) is 0 Å². The van der Waals surface area contributed by atoms with E-state index in [1.165, 1.54) is 0 Å². The van der Waals surface area contributed by atoms with Gasteiger partial charge in [-0.15, -0.1) is 0 Å². The van der Waals surface area contributed by atoms with Gasteiger partial charge < -0.3 is 19.9 Å². The molecule has 3 rings (SSSR count). The molecule has 0 saturated carbocycles. The lowest BCUT2D eigenvalue weighted by Gasteiger charge is -2.21. The van der Waals surface area contributed by atoms with E-state index in [1.807, 2.05) is 44.3 Å². The van der Waals surface area contributed by atoms with Gasteiger partial charge in [-0.2, -0.15) is 5.10 Å². The Morgan fingerprint density at radius 3 is 2.89 bits per heavy atom. The van der Waals surface area contributed by atoms with E-state index in [4.69, 9.17) is 4.74 Å². The van der Waals surface area contributed by atoms with Gasteiger partial charge in [0.25, 0.3) is 0 Å². The van der Waals surface area contributed by atoms with Crippen LogP contribution in [0.2, 0.25) is 0 Å². The molecule has 1 atom stereocenters. The van der Waals surface area contributed by atoms with Crippen molar-refractivity contribution in [3.8, 4) is 11.4 Å². The zero-order chi connectivity index (χ0) is 20.1. The standard InChI is InChI=1S/C20H26N6O2/c1-5-18(19-21-10-14(2)23-19)24-20(27)25(3)12-15-11-22-26(13-15)16-7-6-8-17(9-16)28-4/h6-11,13,18H,5,12H2,1-4H3,(H,21,23)(H,24,27). The third-order valence-corrected chi connectivity index (χ3v) is 4.48. The molecule has 0 aliphatic rings. The number of aromatic amines is 1. The van der Waals surface area contributed by atoms with Crippen LogP contribution in [0.1, 0.15) is 36.5 Å². The number of benzene rings is 1. The van der Waals surface area contributed by atoms with E-state index >= 15 is 0 Å². The first-order chi connectivity index (χ1) is 13.5. The lowest BCUT2D eigenvalue weighted by Crippen LogP contribution is -2.39. The van der Waals surface area contributed by atoms with Crippen molar-refractivity contribution in [2.75, 3.05) is 14.2 Å². The molecule has 0 aliphatic heterocycles. The van der Waals surface area contributed by atoms with E-state index in [0.717, 1.165) is 34.9 Å². The highest BCUT2D eigenvalue weighted by molar-refractivity contribution is 5.74. The summed E-state index contributed by atoms with van der Waals surface area (Å²) in [5, 5.41) is 7.41. The van der Waals surface area contributed by atoms with Crippen molar-refractivity contribution >= 4 is 6.03 Å². The fourth-order valence-electron chi connectivity index (χ4n) is 2.91. The van der Waals surface area contributed by atoms with Crippen LogP contribution in [-0.4, -0.2) is 44.8 Å². The van der Waals surface area contributed by atoms with Crippen LogP contribution in [0.3, 0.4) is 0 Å². The predicted octanol–water partition coefficient (Wildman–Crippen LogP) is 3.21. The average molecular weight is 382 g/mol. The van der Waals surface area contributed by atoms with Crippen molar-refractivity contribution in [2.45, 2.75) is 32.9 Å². The first-order valence-corrected chi connectivity index (χ1v) is 9.21. The van der Waals surface area contributed by atoms with Crippen molar-refractivity contribution in [3.63, 3.8) is 0 Å². The van der Waals surface area contributed by atoms with Crippen LogP contribution >= 0.6 is 0 Å². The molecular weight excluding hydrogens is 356 g/mol. The van der Waals surface area contributed by atoms with E-state index in [1.54, 1.807) is 36.1 Å². The number of imidazole rings is 1. The lowest BCUT2D eigenvalue weighted by molar-refractivity contribution is 0.201. The normalized spacial score (nSPS) is 11.9. The monoisotopic (exact) mass is 382 g/mol. The molecule has 2 heterocycles. The van der Waals surface area contributed by atoms with Crippen LogP contribution in [0.25, 0.3) is 5.69 Å². The molecule has 0 saturated heterocycles. The third-order valence-electron chi connectivity index (χ3n) is 4.48. The minimum Gasteiger partial charge on any atom is -0.497 e. The number of hydrogen-bond acceptors (Lipinski definition) is 4. The van der Waals surface area contributed by atoms with Crippen molar-refractivity contribution in [3.05, 3.63) is 59.9 Å². The summed E-state index contributed by atoms with van der Waals surface area (Å²) >= 11 is 0. The van der Waals surface area contributed by atoms with Crippen molar-refractivity contribution in [1.29, 1.82) is 0 Å². The first-order valence-electron chi connectivity index (χ1n) is 9.21. The molecule has 0 spiro atoms. The van der Waals surface area contributed by atoms with Crippen molar-refractivity contribution in [1.82, 2.24) is 30.0 Å². The Morgan fingerprint density at radius 1 is 1.39 bits per heavy atom. The number of carbonyl (C=O) groups is 1. The molecule has 2 aromatic heterocycles. The number of rotatable bonds is 7. The number of methoxy groups -OCH3 is 1. The number of ether oxygens (including phenoxy) is 1. The molecule has 2 amide bonds. The molecule has 1 unspecified atom stereocenters. The molecule has 0 bridgehead atoms. The van der Waals surface area contributed by atoms with Gasteiger partial charge in [0.05, 0.1) is 31.6 Å². The second-order valence-electron chi connectivity index (χ2n) is 6.71. The highest BCUT2D eigenvalue weighted by atomic mass is 16.5. The summed E-state index contributed by atoms with van der Waals surface area (Å²) in [4.78, 5) is 21.7. The average Bonchev–Trinajstić information content (AvgIpc) is 3.35. The summed E-state index contributed by atoms with van der Waals surface area (Å²) in [5.74, 6) is 1.54. The number of carbonyl (C=O) groups excluding carboxylic acids is 1. The van der Waals surface area contributed by atoms with Gasteiger partial charge in [-0.1, -0.05) is 13.0 Å². The Bertz CT molecular complexity index is 932. The number of hydrogen-bond donors (Lipinski definition) is 2. The maximum Gasteiger partial charge on any atom is 0.318 e. The summed E-state index contributed by atoms with van der Waals surface area (Å²) in [6.45, 7) is 4.40. The summed E-state index contributed by atoms with van der Waals surface area (Å²) < 4.78 is 7.02. The fraction of sp³-hybridized carbons (Fsp3) is 0.350. The molecule has 148 valence electrons. The van der Waals surface area contributed by atoms with Crippen LogP contribution in [-0.2, 0) is 6.54 Å². The number of nitrogens with zero attached hydrogens (tertiary/aromatic N) is 4. The molecule has 8 heteroatoms. The van der Waals surface area contributed by atoms with Gasteiger partial charge in [-0.05, 0) is 25.5 Å². The van der Waals surface area contributed by atoms with Crippen molar-refractivity contribution in [2.24, 2.45) is 0 Å². The molecule has 28 heavy (non-hydrogen) atoms. The highest BCUT2D eigenvalue weighted by Gasteiger charge is 2.18. The van der Waals surface area contributed by atoms with Crippen molar-refractivity contribution < 1.29 is 9.53 Å². The molecule has 1 aromatic carbocycles. The van der Waals surface area contributed by atoms with Crippen LogP contribution in [0.5, 0.6) is 5.75 Å². The second-order valence-corrected chi connectivity index (χ2v) is 6.71. The molecule has 0 radical (unpaired) electrons. The summed E-state index contributed by atoms with van der Waals surface area (Å²) in [5.41, 5.74) is 2.81. The van der Waals surface area contributed by atoms with Gasteiger partial charge in [-0.3, -0.25) is 0 Å². The molecule has 0 fully saturated rings. The molecular formula is C20H26N6O2. The van der Waals surface area contributed by atoms with Gasteiger partial charge in [0, 0.05) is 36.8 Å². The largest absolute Gasteiger partial charge is 0.497 e. The first kappa shape index (κ1) is 19.5. The van der Waals surface area contributed by atoms with Gasteiger partial charge in [-0.25, -0.2) is 14.5 Å². The number of aromatic nitrogens is 4. The van der Waals surface area contributed by atoms with E-state index in [-0.39, 0.29) is 12.1 Å². The van der Waals surface area contributed by atoms with E-state index in [2.05, 4.69) is 20.4 Å². The Hall–Kier alpha value is -3.29. The van der Waals surface area contributed by atoms with E-state index < -0.39 is 0 Å². The number of aryl methyl sites for hydroxylation is 1. The van der Waals surface area contributed by atoms with Gasteiger partial charge >= 0.3 is 6.03 Å². The minimum atomic E-state index is -0.157. The molecule has 2 N–H and O–H groups in total. The Morgan fingerprint density at radius 2 is 2.21 bits per heavy atom. The van der Waals surface area contributed by atoms with Crippen LogP contribution in [0.4, 0.5) is 4.79 Å². The predicted molar refractivity (Wildman–Crippen MR) is 106 cm³/mol. The molecule has 0 aliphatic carbocycles.